The fourth-order valence-electron chi connectivity index (χ4n) is 2.14. The van der Waals surface area contributed by atoms with Crippen molar-refractivity contribution in [1.82, 2.24) is 4.90 Å². The van der Waals surface area contributed by atoms with Crippen molar-refractivity contribution in [2.24, 2.45) is 11.8 Å². The van der Waals surface area contributed by atoms with Gasteiger partial charge in [0.15, 0.2) is 0 Å². The molecule has 114 valence electrons. The van der Waals surface area contributed by atoms with Crippen molar-refractivity contribution in [3.8, 4) is 0 Å². The summed E-state index contributed by atoms with van der Waals surface area (Å²) in [5.41, 5.74) is -0.580. The molecule has 7 nitrogen and oxygen atoms in total. The summed E-state index contributed by atoms with van der Waals surface area (Å²) in [5, 5.41) is 17.6. The number of carboxylic acids is 2. The van der Waals surface area contributed by atoms with Gasteiger partial charge in [-0.2, -0.15) is 0 Å². The van der Waals surface area contributed by atoms with Gasteiger partial charge in [0.2, 0.25) is 0 Å². The lowest BCUT2D eigenvalue weighted by molar-refractivity contribution is -0.142. The average Bonchev–Trinajstić information content (AvgIpc) is 2.08. The molecule has 2 N–H and O–H groups in total. The van der Waals surface area contributed by atoms with Crippen LogP contribution in [-0.2, 0) is 14.3 Å². The number of rotatable bonds is 5. The maximum atomic E-state index is 11.7. The Hall–Kier alpha value is -1.79. The average molecular weight is 287 g/mol. The summed E-state index contributed by atoms with van der Waals surface area (Å²) in [6, 6.07) is 0. The van der Waals surface area contributed by atoms with Crippen LogP contribution >= 0.6 is 0 Å². The Balaban J connectivity index is 2.49. The van der Waals surface area contributed by atoms with Crippen molar-refractivity contribution in [1.29, 1.82) is 0 Å². The number of carbonyl (C=O) groups is 3. The van der Waals surface area contributed by atoms with Gasteiger partial charge in [-0.05, 0) is 32.6 Å². The first-order valence-electron chi connectivity index (χ1n) is 6.50. The number of ether oxygens (including phenoxy) is 1. The number of amides is 1. The number of hydrogen-bond donors (Lipinski definition) is 2. The molecule has 1 fully saturated rings. The van der Waals surface area contributed by atoms with Crippen molar-refractivity contribution in [3.63, 3.8) is 0 Å². The minimum atomic E-state index is -1.02. The fraction of sp³-hybridized carbons (Fsp3) is 0.769. The molecule has 1 saturated heterocycles. The Morgan fingerprint density at radius 1 is 1.15 bits per heavy atom. The van der Waals surface area contributed by atoms with Crippen LogP contribution < -0.4 is 0 Å². The molecule has 0 atom stereocenters. The van der Waals surface area contributed by atoms with E-state index in [1.807, 2.05) is 0 Å². The summed E-state index contributed by atoms with van der Waals surface area (Å²) in [7, 11) is 0. The van der Waals surface area contributed by atoms with Crippen LogP contribution in [0.15, 0.2) is 0 Å². The summed E-state index contributed by atoms with van der Waals surface area (Å²) in [6.45, 7) is 5.99. The van der Waals surface area contributed by atoms with E-state index in [9.17, 15) is 14.4 Å². The van der Waals surface area contributed by atoms with E-state index in [4.69, 9.17) is 14.9 Å². The van der Waals surface area contributed by atoms with Gasteiger partial charge in [-0.3, -0.25) is 9.59 Å². The van der Waals surface area contributed by atoms with E-state index < -0.39 is 29.6 Å². The van der Waals surface area contributed by atoms with Gasteiger partial charge in [-0.1, -0.05) is 0 Å². The van der Waals surface area contributed by atoms with Gasteiger partial charge in [0, 0.05) is 25.9 Å². The summed E-state index contributed by atoms with van der Waals surface area (Å²) < 4.78 is 5.19. The van der Waals surface area contributed by atoms with Gasteiger partial charge in [0.1, 0.15) is 5.60 Å². The maximum Gasteiger partial charge on any atom is 0.410 e. The van der Waals surface area contributed by atoms with E-state index in [0.29, 0.717) is 13.1 Å². The van der Waals surface area contributed by atoms with Gasteiger partial charge in [-0.25, -0.2) is 4.79 Å². The van der Waals surface area contributed by atoms with E-state index in [2.05, 4.69) is 0 Å². The van der Waals surface area contributed by atoms with Gasteiger partial charge < -0.3 is 19.8 Å². The third kappa shape index (κ3) is 5.07. The van der Waals surface area contributed by atoms with Crippen LogP contribution in [0, 0.1) is 11.8 Å². The third-order valence-corrected chi connectivity index (χ3v) is 3.10. The van der Waals surface area contributed by atoms with Gasteiger partial charge in [0.25, 0.3) is 0 Å². The molecule has 0 aromatic rings. The number of carbonyl (C=O) groups excluding carboxylic acids is 1. The highest BCUT2D eigenvalue weighted by Gasteiger charge is 2.39. The first-order valence-corrected chi connectivity index (χ1v) is 6.50. The highest BCUT2D eigenvalue weighted by Crippen LogP contribution is 2.30. The van der Waals surface area contributed by atoms with Crippen LogP contribution in [0.4, 0.5) is 4.79 Å². The van der Waals surface area contributed by atoms with E-state index >= 15 is 0 Å². The Labute approximate surface area is 117 Å². The molecule has 1 rings (SSSR count). The molecule has 0 spiro atoms. The predicted octanol–water partition coefficient (Wildman–Crippen LogP) is 1.42. The molecule has 0 unspecified atom stereocenters. The van der Waals surface area contributed by atoms with Crippen LogP contribution in [0.25, 0.3) is 0 Å². The first-order chi connectivity index (χ1) is 9.08. The standard InChI is InChI=1S/C13H21NO6/c1-13(2,3)20-12(19)14-6-9(7-14)8(4-10(15)16)5-11(17)18/h8-9H,4-7H2,1-3H3,(H,15,16)(H,17,18). The summed E-state index contributed by atoms with van der Waals surface area (Å²) in [6.07, 6.45) is -0.837. The van der Waals surface area contributed by atoms with Crippen LogP contribution in [0.1, 0.15) is 33.6 Å². The van der Waals surface area contributed by atoms with Crippen molar-refractivity contribution < 1.29 is 29.3 Å². The van der Waals surface area contributed by atoms with Gasteiger partial charge in [-0.15, -0.1) is 0 Å². The molecule has 7 heteroatoms. The highest BCUT2D eigenvalue weighted by atomic mass is 16.6. The molecule has 0 saturated carbocycles. The Kier molecular flexibility index (Phi) is 4.97. The molecular weight excluding hydrogens is 266 g/mol. The smallest absolute Gasteiger partial charge is 0.410 e. The van der Waals surface area contributed by atoms with Gasteiger partial charge in [0.05, 0.1) is 0 Å². The Bertz CT molecular complexity index is 378. The Morgan fingerprint density at radius 3 is 1.95 bits per heavy atom. The predicted molar refractivity (Wildman–Crippen MR) is 69.3 cm³/mol. The lowest BCUT2D eigenvalue weighted by Gasteiger charge is -2.42. The zero-order valence-electron chi connectivity index (χ0n) is 12.0. The second kappa shape index (κ2) is 6.11. The SMILES string of the molecule is CC(C)(C)OC(=O)N1CC(C(CC(=O)O)CC(=O)O)C1. The van der Waals surface area contributed by atoms with E-state index in [1.54, 1.807) is 20.8 Å². The molecule has 0 aromatic heterocycles. The zero-order valence-corrected chi connectivity index (χ0v) is 12.0. The molecule has 1 aliphatic heterocycles. The van der Waals surface area contributed by atoms with Crippen molar-refractivity contribution >= 4 is 18.0 Å². The summed E-state index contributed by atoms with van der Waals surface area (Å²) in [4.78, 5) is 34.7. The Morgan fingerprint density at radius 2 is 1.60 bits per heavy atom. The number of carboxylic acid groups (broad SMARTS) is 2. The maximum absolute atomic E-state index is 11.7. The molecule has 20 heavy (non-hydrogen) atoms. The first kappa shape index (κ1) is 16.3. The minimum Gasteiger partial charge on any atom is -0.481 e. The van der Waals surface area contributed by atoms with Crippen LogP contribution in [0.3, 0.4) is 0 Å². The topological polar surface area (TPSA) is 104 Å². The summed E-state index contributed by atoms with van der Waals surface area (Å²) >= 11 is 0. The monoisotopic (exact) mass is 287 g/mol. The largest absolute Gasteiger partial charge is 0.481 e. The van der Waals surface area contributed by atoms with E-state index in [-0.39, 0.29) is 18.8 Å². The normalized spacial score (nSPS) is 15.9. The second-order valence-corrected chi connectivity index (χ2v) is 6.10. The van der Waals surface area contributed by atoms with Crippen molar-refractivity contribution in [2.45, 2.75) is 39.2 Å². The molecule has 0 aromatic carbocycles. The number of aliphatic carboxylic acids is 2. The molecule has 0 aliphatic carbocycles. The minimum absolute atomic E-state index is 0.102. The quantitative estimate of drug-likeness (QED) is 0.792. The molecule has 1 amide bonds. The lowest BCUT2D eigenvalue weighted by atomic mass is 9.81. The zero-order chi connectivity index (χ0) is 15.5. The highest BCUT2D eigenvalue weighted by molar-refractivity contribution is 5.72. The van der Waals surface area contributed by atoms with Crippen LogP contribution in [-0.4, -0.2) is 51.8 Å². The van der Waals surface area contributed by atoms with E-state index in [0.717, 1.165) is 0 Å². The number of hydrogen-bond acceptors (Lipinski definition) is 4. The molecule has 0 bridgehead atoms. The van der Waals surface area contributed by atoms with E-state index in [1.165, 1.54) is 4.90 Å². The third-order valence-electron chi connectivity index (χ3n) is 3.10. The molecule has 1 aliphatic rings. The molecule has 1 heterocycles. The number of likely N-dealkylation sites (tertiary alicyclic amines) is 1. The lowest BCUT2D eigenvalue weighted by Crippen LogP contribution is -2.54. The van der Waals surface area contributed by atoms with Crippen molar-refractivity contribution in [3.05, 3.63) is 0 Å². The summed E-state index contributed by atoms with van der Waals surface area (Å²) in [5.74, 6) is -2.60. The second-order valence-electron chi connectivity index (χ2n) is 6.10. The molecular formula is C13H21NO6. The fourth-order valence-corrected chi connectivity index (χ4v) is 2.14. The molecule has 0 radical (unpaired) electrons. The van der Waals surface area contributed by atoms with Crippen molar-refractivity contribution in [2.75, 3.05) is 13.1 Å². The van der Waals surface area contributed by atoms with Crippen LogP contribution in [0.2, 0.25) is 0 Å². The number of nitrogens with zero attached hydrogens (tertiary/aromatic N) is 1. The van der Waals surface area contributed by atoms with Crippen LogP contribution in [0.5, 0.6) is 0 Å². The van der Waals surface area contributed by atoms with Gasteiger partial charge >= 0.3 is 18.0 Å².